The monoisotopic (exact) mass is 796 g/mol. The van der Waals surface area contributed by atoms with E-state index in [0.717, 1.165) is 11.1 Å². The van der Waals surface area contributed by atoms with Gasteiger partial charge in [-0.15, -0.1) is 0 Å². The quantitative estimate of drug-likeness (QED) is 0.0841. The number of ether oxygens (including phenoxy) is 4. The van der Waals surface area contributed by atoms with E-state index in [1.165, 1.54) is 0 Å². The van der Waals surface area contributed by atoms with Crippen LogP contribution in [0.3, 0.4) is 0 Å². The number of para-hydroxylation sites is 4. The van der Waals surface area contributed by atoms with Crippen LogP contribution in [0.5, 0.6) is 34.5 Å². The third-order valence-corrected chi connectivity index (χ3v) is 7.44. The minimum atomic E-state index is -0.556. The first-order valence-corrected chi connectivity index (χ1v) is 21.0. The van der Waals surface area contributed by atoms with Crippen LogP contribution in [0.2, 0.25) is 0 Å². The summed E-state index contributed by atoms with van der Waals surface area (Å²) in [6.07, 6.45) is 6.63. The Morgan fingerprint density at radius 3 is 1.28 bits per heavy atom. The number of aliphatic imine (C=N–C) groups is 2. The predicted octanol–water partition coefficient (Wildman–Crippen LogP) is 11.4. The van der Waals surface area contributed by atoms with Gasteiger partial charge in [0.15, 0.2) is 0 Å². The van der Waals surface area contributed by atoms with E-state index in [4.69, 9.17) is 37.6 Å². The molecule has 0 amide bonds. The summed E-state index contributed by atoms with van der Waals surface area (Å²) in [5.41, 5.74) is 3.76. The van der Waals surface area contributed by atoms with Crippen LogP contribution >= 0.6 is 18.6 Å². The fourth-order valence-corrected chi connectivity index (χ4v) is 4.78. The van der Waals surface area contributed by atoms with Crippen LogP contribution in [0.25, 0.3) is 0 Å². The normalized spacial score (nSPS) is 11.1. The van der Waals surface area contributed by atoms with Crippen molar-refractivity contribution in [3.05, 3.63) is 120 Å². The molecule has 0 bridgehead atoms. The molecule has 0 unspecified atom stereocenters. The molecule has 0 aliphatic rings. The van der Waals surface area contributed by atoms with Crippen molar-refractivity contribution < 1.29 is 46.2 Å². The van der Waals surface area contributed by atoms with E-state index >= 15 is 0 Å². The zero-order valence-electron chi connectivity index (χ0n) is 31.7. The molecule has 282 valence electrons. The summed E-state index contributed by atoms with van der Waals surface area (Å²) < 4.78 is 21.9. The van der Waals surface area contributed by atoms with Gasteiger partial charge in [-0.1, -0.05) is 91.1 Å². The molecule has 53 heavy (non-hydrogen) atoms. The Bertz CT molecular complexity index is 1720. The molecule has 11 heteroatoms. The number of rotatable bonds is 12. The fourth-order valence-electron chi connectivity index (χ4n) is 4.78. The predicted molar refractivity (Wildman–Crippen MR) is 217 cm³/mol. The molecule has 4 aromatic carbocycles. The molecule has 0 aliphatic carbocycles. The summed E-state index contributed by atoms with van der Waals surface area (Å²) in [5.74, 6) is 3.11. The number of phenolic OH excluding ortho intramolecular Hbond substituents is 2. The summed E-state index contributed by atoms with van der Waals surface area (Å²) in [6, 6.07) is 22.2. The van der Waals surface area contributed by atoms with Gasteiger partial charge in [-0.3, -0.25) is 9.98 Å². The van der Waals surface area contributed by atoms with E-state index in [1.54, 1.807) is 50.9 Å². The summed E-state index contributed by atoms with van der Waals surface area (Å²) in [6.45, 7) is 20.4. The van der Waals surface area contributed by atoms with E-state index in [2.05, 4.69) is 23.1 Å². The number of hydrogen-bond donors (Lipinski definition) is 2. The van der Waals surface area contributed by atoms with E-state index in [9.17, 15) is 10.2 Å². The second-order valence-corrected chi connectivity index (χ2v) is 16.0. The summed E-state index contributed by atoms with van der Waals surface area (Å²) in [4.78, 5) is 8.98. The third kappa shape index (κ3) is 14.3. The van der Waals surface area contributed by atoms with E-state index < -0.39 is 17.0 Å². The number of hydrogen-bond acceptors (Lipinski definition) is 8. The Morgan fingerprint density at radius 1 is 0.642 bits per heavy atom. The summed E-state index contributed by atoms with van der Waals surface area (Å²) in [7, 11) is 13.0. The Balaban J connectivity index is 0.000000341. The van der Waals surface area contributed by atoms with Gasteiger partial charge < -0.3 is 29.2 Å². The number of benzene rings is 4. The number of halogens is 2. The molecular formula is C42H50Cl2N2O6Ti. The molecule has 4 aromatic rings. The molecule has 8 nitrogen and oxygen atoms in total. The van der Waals surface area contributed by atoms with Crippen LogP contribution in [0.15, 0.2) is 108 Å². The third-order valence-electron chi connectivity index (χ3n) is 7.44. The van der Waals surface area contributed by atoms with Crippen molar-refractivity contribution in [1.82, 2.24) is 0 Å². The van der Waals surface area contributed by atoms with Crippen molar-refractivity contribution in [1.29, 1.82) is 0 Å². The van der Waals surface area contributed by atoms with Crippen LogP contribution in [0.4, 0.5) is 11.4 Å². The topological polar surface area (TPSA) is 102 Å². The second kappa shape index (κ2) is 22.1. The molecule has 0 atom stereocenters. The van der Waals surface area contributed by atoms with Gasteiger partial charge in [0, 0.05) is 34.7 Å². The molecule has 2 N–H and O–H groups in total. The average molecular weight is 798 g/mol. The van der Waals surface area contributed by atoms with Gasteiger partial charge in [-0.2, -0.15) is 0 Å². The maximum absolute atomic E-state index is 10.6. The minimum absolute atomic E-state index is 0.210. The van der Waals surface area contributed by atoms with Gasteiger partial charge in [0.1, 0.15) is 59.1 Å². The van der Waals surface area contributed by atoms with Crippen molar-refractivity contribution in [2.45, 2.75) is 52.4 Å². The van der Waals surface area contributed by atoms with Crippen LogP contribution in [0, 0.1) is 0 Å². The molecule has 0 aliphatic heterocycles. The summed E-state index contributed by atoms with van der Waals surface area (Å²) in [5, 5.41) is 21.3. The average Bonchev–Trinajstić information content (AvgIpc) is 3.12. The Morgan fingerprint density at radius 2 is 0.981 bits per heavy atom. The molecule has 0 heterocycles. The first-order valence-electron chi connectivity index (χ1n) is 16.7. The van der Waals surface area contributed by atoms with Gasteiger partial charge in [0.2, 0.25) is 0 Å². The fraction of sp³-hybridized carbons (Fsp3) is 0.286. The molecule has 0 saturated carbocycles. The Kier molecular flexibility index (Phi) is 18.8. The standard InChI is InChI=1S/2C21H25NO3.2ClH.Ti/c2*1-6-11-25-19-10-8-7-9-18(19)22-14-15-12-16(24-5)13-17(20(15)23)21(2,3)4;;;/h2*6-10,12-14,23H,1,11H2,2-5H3;2*1H;/q;;;;+2/p-2. The molecule has 0 aromatic heterocycles. The number of nitrogens with zero attached hydrogens (tertiary/aromatic N) is 2. The van der Waals surface area contributed by atoms with Crippen LogP contribution < -0.4 is 18.9 Å². The van der Waals surface area contributed by atoms with Crippen molar-refractivity contribution in [3.8, 4) is 34.5 Å². The van der Waals surface area contributed by atoms with Crippen molar-refractivity contribution >= 4 is 42.4 Å². The van der Waals surface area contributed by atoms with Crippen molar-refractivity contribution in [2.24, 2.45) is 9.98 Å². The van der Waals surface area contributed by atoms with Gasteiger partial charge >= 0.3 is 35.6 Å². The first-order chi connectivity index (χ1) is 25.1. The van der Waals surface area contributed by atoms with E-state index in [0.29, 0.717) is 58.7 Å². The molecule has 0 radical (unpaired) electrons. The molecule has 4 rings (SSSR count). The van der Waals surface area contributed by atoms with Crippen molar-refractivity contribution in [2.75, 3.05) is 27.4 Å². The zero-order valence-corrected chi connectivity index (χ0v) is 34.8. The summed E-state index contributed by atoms with van der Waals surface area (Å²) >= 11 is -0.556. The molecule has 0 fully saturated rings. The first kappa shape index (κ1) is 45.0. The van der Waals surface area contributed by atoms with Gasteiger partial charge in [0.25, 0.3) is 0 Å². The SMILES string of the molecule is C=CCOc1ccccc1N=Cc1cc(OC)cc(C(C)(C)C)c1O.C=CCOc1ccccc1N=Cc1cc(OC)cc(C(C)(C)C)c1O.[Cl][Ti][Cl]. The van der Waals surface area contributed by atoms with Gasteiger partial charge in [-0.05, 0) is 59.4 Å². The molecular weight excluding hydrogens is 747 g/mol. The van der Waals surface area contributed by atoms with Gasteiger partial charge in [-0.25, -0.2) is 0 Å². The Hall–Kier alpha value is -4.21. The van der Waals surface area contributed by atoms with Crippen LogP contribution in [0.1, 0.15) is 63.8 Å². The van der Waals surface area contributed by atoms with Crippen molar-refractivity contribution in [3.63, 3.8) is 0 Å². The van der Waals surface area contributed by atoms with Crippen LogP contribution in [-0.2, 0) is 27.9 Å². The molecule has 0 spiro atoms. The maximum atomic E-state index is 10.6. The zero-order chi connectivity index (χ0) is 39.6. The van der Waals surface area contributed by atoms with E-state index in [1.807, 2.05) is 102 Å². The number of phenols is 2. The molecule has 0 saturated heterocycles. The van der Waals surface area contributed by atoms with E-state index in [-0.39, 0.29) is 22.3 Å². The van der Waals surface area contributed by atoms with Crippen LogP contribution in [-0.4, -0.2) is 50.1 Å². The van der Waals surface area contributed by atoms with Gasteiger partial charge in [0.05, 0.1) is 14.2 Å². The Labute approximate surface area is 331 Å². The number of aromatic hydroxyl groups is 2. The number of methoxy groups -OCH3 is 2. The second-order valence-electron chi connectivity index (χ2n) is 13.4.